The molecule has 62 valence electrons. The van der Waals surface area contributed by atoms with Gasteiger partial charge in [0, 0.05) is 6.20 Å². The Kier molecular flexibility index (Phi) is 2.23. The van der Waals surface area contributed by atoms with Crippen molar-refractivity contribution in [3.63, 3.8) is 0 Å². The fraction of sp³-hybridized carbons (Fsp3) is 0.143. The smallest absolute Gasteiger partial charge is 0.153 e. The molecule has 2 aromatic heterocycles. The van der Waals surface area contributed by atoms with Gasteiger partial charge in [-0.15, -0.1) is 0 Å². The van der Waals surface area contributed by atoms with Crippen LogP contribution in [0.2, 0.25) is 0 Å². The van der Waals surface area contributed by atoms with Crippen LogP contribution in [0.4, 0.5) is 0 Å². The summed E-state index contributed by atoms with van der Waals surface area (Å²) in [7, 11) is 0. The number of rotatable bonds is 0. The lowest BCUT2D eigenvalue weighted by Gasteiger charge is -1.93. The van der Waals surface area contributed by atoms with Gasteiger partial charge in [0.2, 0.25) is 0 Å². The Morgan fingerprint density at radius 1 is 1.42 bits per heavy atom. The van der Waals surface area contributed by atoms with Crippen LogP contribution in [0, 0.1) is 10.6 Å². The first kappa shape index (κ1) is 8.67. The van der Waals surface area contributed by atoms with Crippen LogP contribution >= 0.6 is 45.5 Å². The van der Waals surface area contributed by atoms with Crippen LogP contribution in [0.25, 0.3) is 11.0 Å². The molecule has 0 fully saturated rings. The molecule has 0 aromatic carbocycles. The predicted octanol–water partition coefficient (Wildman–Crippen LogP) is 2.54. The molecule has 0 aliphatic carbocycles. The first-order chi connectivity index (χ1) is 5.70. The van der Waals surface area contributed by atoms with Crippen molar-refractivity contribution < 1.29 is 0 Å². The third-order valence-electron chi connectivity index (χ3n) is 1.68. The van der Waals surface area contributed by atoms with Crippen LogP contribution < -0.4 is 0 Å². The molecule has 0 unspecified atom stereocenters. The molecule has 0 atom stereocenters. The molecule has 0 bridgehead atoms. The molecular weight excluding hydrogens is 380 g/mol. The van der Waals surface area contributed by atoms with Crippen LogP contribution in [0.1, 0.15) is 5.56 Å². The Morgan fingerprint density at radius 3 is 2.83 bits per heavy atom. The molecule has 0 spiro atoms. The van der Waals surface area contributed by atoms with Crippen molar-refractivity contribution in [3.05, 3.63) is 21.8 Å². The van der Waals surface area contributed by atoms with Crippen LogP contribution in [-0.2, 0) is 0 Å². The highest BCUT2D eigenvalue weighted by Gasteiger charge is 2.08. The summed E-state index contributed by atoms with van der Waals surface area (Å²) in [6, 6.07) is 0. The lowest BCUT2D eigenvalue weighted by atomic mass is 10.3. The summed E-state index contributed by atoms with van der Waals surface area (Å²) in [5.74, 6) is 0. The van der Waals surface area contributed by atoms with Crippen molar-refractivity contribution in [1.29, 1.82) is 0 Å². The lowest BCUT2D eigenvalue weighted by molar-refractivity contribution is 1.17. The second-order valence-corrected chi connectivity index (χ2v) is 4.55. The summed E-state index contributed by atoms with van der Waals surface area (Å²) in [6.45, 7) is 2.07. The van der Waals surface area contributed by atoms with Gasteiger partial charge in [-0.25, -0.2) is 9.97 Å². The first-order valence-corrected chi connectivity index (χ1v) is 5.39. The predicted molar refractivity (Wildman–Crippen MR) is 64.4 cm³/mol. The van der Waals surface area contributed by atoms with E-state index in [9.17, 15) is 0 Å². The third kappa shape index (κ3) is 1.22. The highest BCUT2D eigenvalue weighted by Crippen LogP contribution is 2.23. The number of halogens is 2. The van der Waals surface area contributed by atoms with Gasteiger partial charge in [-0.05, 0) is 35.1 Å². The zero-order valence-corrected chi connectivity index (χ0v) is 10.6. The van der Waals surface area contributed by atoms with Crippen molar-refractivity contribution in [2.24, 2.45) is 0 Å². The van der Waals surface area contributed by atoms with E-state index < -0.39 is 0 Å². The van der Waals surface area contributed by atoms with Crippen LogP contribution in [0.15, 0.2) is 12.5 Å². The third-order valence-corrected chi connectivity index (χ3v) is 3.24. The SMILES string of the molecule is Cc1cn(I)c2ncnc(I)c12. The summed E-state index contributed by atoms with van der Waals surface area (Å²) >= 11 is 4.45. The molecule has 0 saturated heterocycles. The molecule has 2 aromatic rings. The molecule has 2 heterocycles. The molecular formula is C7H5I2N3. The molecule has 0 amide bonds. The zero-order chi connectivity index (χ0) is 8.72. The molecule has 0 radical (unpaired) electrons. The highest BCUT2D eigenvalue weighted by molar-refractivity contribution is 14.1. The van der Waals surface area contributed by atoms with E-state index in [2.05, 4.69) is 68.5 Å². The summed E-state index contributed by atoms with van der Waals surface area (Å²) in [4.78, 5) is 8.34. The number of fused-ring (bicyclic) bond motifs is 1. The van der Waals surface area contributed by atoms with Gasteiger partial charge in [-0.2, -0.15) is 0 Å². The summed E-state index contributed by atoms with van der Waals surface area (Å²) in [5, 5.41) is 1.16. The Bertz CT molecular complexity index is 435. The van der Waals surface area contributed by atoms with Crippen molar-refractivity contribution in [2.75, 3.05) is 0 Å². The van der Waals surface area contributed by atoms with E-state index in [0.717, 1.165) is 14.7 Å². The molecule has 0 aliphatic heterocycles. The van der Waals surface area contributed by atoms with E-state index >= 15 is 0 Å². The van der Waals surface area contributed by atoms with E-state index in [0.29, 0.717) is 0 Å². The average molecular weight is 385 g/mol. The van der Waals surface area contributed by atoms with E-state index in [1.807, 2.05) is 2.78 Å². The maximum atomic E-state index is 4.20. The number of aromatic nitrogens is 3. The fourth-order valence-corrected chi connectivity index (χ4v) is 2.73. The van der Waals surface area contributed by atoms with E-state index in [1.54, 1.807) is 6.33 Å². The lowest BCUT2D eigenvalue weighted by Crippen LogP contribution is -1.86. The second-order valence-electron chi connectivity index (χ2n) is 2.49. The molecule has 5 heteroatoms. The molecule has 0 saturated carbocycles. The number of aryl methyl sites for hydroxylation is 1. The Hall–Kier alpha value is 0.0800. The summed E-state index contributed by atoms with van der Waals surface area (Å²) in [5.41, 5.74) is 2.22. The van der Waals surface area contributed by atoms with Crippen LogP contribution in [0.5, 0.6) is 0 Å². The van der Waals surface area contributed by atoms with Gasteiger partial charge < -0.3 is 0 Å². The monoisotopic (exact) mass is 385 g/mol. The fourth-order valence-electron chi connectivity index (χ4n) is 1.15. The zero-order valence-electron chi connectivity index (χ0n) is 6.25. The number of nitrogens with zero attached hydrogens (tertiary/aromatic N) is 3. The van der Waals surface area contributed by atoms with Crippen molar-refractivity contribution in [1.82, 2.24) is 12.7 Å². The van der Waals surface area contributed by atoms with Crippen molar-refractivity contribution >= 4 is 56.5 Å². The maximum absolute atomic E-state index is 4.20. The quantitative estimate of drug-likeness (QED) is 0.516. The minimum absolute atomic E-state index is 0.993. The van der Waals surface area contributed by atoms with Gasteiger partial charge in [-0.3, -0.25) is 2.78 Å². The molecule has 12 heavy (non-hydrogen) atoms. The van der Waals surface area contributed by atoms with Crippen LogP contribution in [-0.4, -0.2) is 12.7 Å². The normalized spacial score (nSPS) is 10.9. The largest absolute Gasteiger partial charge is 0.273 e. The van der Waals surface area contributed by atoms with Crippen molar-refractivity contribution in [3.8, 4) is 0 Å². The van der Waals surface area contributed by atoms with Crippen LogP contribution in [0.3, 0.4) is 0 Å². The minimum atomic E-state index is 0.993. The standard InChI is InChI=1S/C7H5I2N3/c1-4-2-12(9)7-5(4)6(8)10-3-11-7/h2-3H,1H3. The minimum Gasteiger partial charge on any atom is -0.273 e. The highest BCUT2D eigenvalue weighted by atomic mass is 127. The van der Waals surface area contributed by atoms with Crippen molar-refractivity contribution in [2.45, 2.75) is 6.92 Å². The summed E-state index contributed by atoms with van der Waals surface area (Å²) < 4.78 is 3.01. The second kappa shape index (κ2) is 3.09. The van der Waals surface area contributed by atoms with E-state index in [-0.39, 0.29) is 0 Å². The van der Waals surface area contributed by atoms with E-state index in [1.165, 1.54) is 5.56 Å². The molecule has 0 N–H and O–H groups in total. The van der Waals surface area contributed by atoms with Gasteiger partial charge in [0.05, 0.1) is 28.3 Å². The maximum Gasteiger partial charge on any atom is 0.153 e. The Labute approximate surface area is 97.2 Å². The molecule has 3 nitrogen and oxygen atoms in total. The van der Waals surface area contributed by atoms with E-state index in [4.69, 9.17) is 0 Å². The first-order valence-electron chi connectivity index (χ1n) is 3.34. The van der Waals surface area contributed by atoms with Gasteiger partial charge >= 0.3 is 0 Å². The molecule has 2 rings (SSSR count). The van der Waals surface area contributed by atoms with Gasteiger partial charge in [0.15, 0.2) is 5.65 Å². The Morgan fingerprint density at radius 2 is 2.17 bits per heavy atom. The number of hydrogen-bond acceptors (Lipinski definition) is 2. The number of hydrogen-bond donors (Lipinski definition) is 0. The van der Waals surface area contributed by atoms with Gasteiger partial charge in [0.1, 0.15) is 10.0 Å². The average Bonchev–Trinajstić information content (AvgIpc) is 2.29. The summed E-state index contributed by atoms with van der Waals surface area (Å²) in [6.07, 6.45) is 3.65. The van der Waals surface area contributed by atoms with Gasteiger partial charge in [0.25, 0.3) is 0 Å². The molecule has 0 aliphatic rings. The Balaban J connectivity index is 2.99. The van der Waals surface area contributed by atoms with Gasteiger partial charge in [-0.1, -0.05) is 0 Å². The topological polar surface area (TPSA) is 30.7 Å².